The van der Waals surface area contributed by atoms with Crippen LogP contribution in [0.25, 0.3) is 0 Å². The predicted molar refractivity (Wildman–Crippen MR) is 87.2 cm³/mol. The maximum Gasteiger partial charge on any atom is 0.183 e. The van der Waals surface area contributed by atoms with Crippen molar-refractivity contribution in [2.75, 3.05) is 5.32 Å². The summed E-state index contributed by atoms with van der Waals surface area (Å²) in [5.74, 6) is 0. The van der Waals surface area contributed by atoms with Gasteiger partial charge in [-0.1, -0.05) is 35.3 Å². The van der Waals surface area contributed by atoms with Crippen molar-refractivity contribution in [2.24, 2.45) is 0 Å². The minimum atomic E-state index is 0.566. The molecule has 0 spiro atoms. The number of nitrogens with zero attached hydrogens (tertiary/aromatic N) is 3. The summed E-state index contributed by atoms with van der Waals surface area (Å²) in [6.07, 6.45) is 5.23. The summed E-state index contributed by atoms with van der Waals surface area (Å²) in [6.45, 7) is 1.40. The first kappa shape index (κ1) is 14.4. The van der Waals surface area contributed by atoms with E-state index in [0.29, 0.717) is 22.6 Å². The molecule has 0 aliphatic carbocycles. The van der Waals surface area contributed by atoms with E-state index < -0.39 is 0 Å². The van der Waals surface area contributed by atoms with Crippen LogP contribution in [0.4, 0.5) is 5.69 Å². The van der Waals surface area contributed by atoms with E-state index in [9.17, 15) is 0 Å². The highest BCUT2D eigenvalue weighted by Gasteiger charge is 2.02. The Hall–Kier alpha value is -1.56. The molecule has 0 saturated heterocycles. The zero-order chi connectivity index (χ0) is 14.7. The summed E-state index contributed by atoms with van der Waals surface area (Å²) in [5, 5.41) is 8.19. The van der Waals surface area contributed by atoms with E-state index in [1.54, 1.807) is 18.6 Å². The van der Waals surface area contributed by atoms with Gasteiger partial charge in [-0.3, -0.25) is 4.68 Å². The van der Waals surface area contributed by atoms with Crippen molar-refractivity contribution in [2.45, 2.75) is 13.1 Å². The van der Waals surface area contributed by atoms with Gasteiger partial charge in [0.05, 0.1) is 24.3 Å². The second-order valence-corrected chi connectivity index (χ2v) is 6.62. The molecule has 7 heteroatoms. The lowest BCUT2D eigenvalue weighted by Crippen LogP contribution is -2.02. The summed E-state index contributed by atoms with van der Waals surface area (Å²) in [7, 11) is 0. The molecule has 1 aromatic carbocycles. The fraction of sp³-hybridized carbons (Fsp3) is 0.143. The van der Waals surface area contributed by atoms with Crippen LogP contribution in [0.1, 0.15) is 10.4 Å². The van der Waals surface area contributed by atoms with Crippen LogP contribution in [0, 0.1) is 0 Å². The fourth-order valence-electron chi connectivity index (χ4n) is 1.95. The lowest BCUT2D eigenvalue weighted by molar-refractivity contribution is 0.687. The van der Waals surface area contributed by atoms with E-state index in [0.717, 1.165) is 16.1 Å². The number of rotatable bonds is 5. The number of aromatic nitrogens is 3. The van der Waals surface area contributed by atoms with Crippen LogP contribution in [-0.2, 0) is 13.1 Å². The van der Waals surface area contributed by atoms with E-state index in [-0.39, 0.29) is 0 Å². The van der Waals surface area contributed by atoms with Crippen molar-refractivity contribution in [3.8, 4) is 0 Å². The Morgan fingerprint density at radius 3 is 2.86 bits per heavy atom. The van der Waals surface area contributed by atoms with Crippen LogP contribution in [0.3, 0.4) is 0 Å². The number of anilines is 1. The quantitative estimate of drug-likeness (QED) is 0.753. The molecule has 21 heavy (non-hydrogen) atoms. The maximum absolute atomic E-state index is 5.87. The molecule has 0 amide bonds. The zero-order valence-electron chi connectivity index (χ0n) is 11.0. The van der Waals surface area contributed by atoms with Gasteiger partial charge in [0.1, 0.15) is 0 Å². The average molecular weight is 339 g/mol. The summed E-state index contributed by atoms with van der Waals surface area (Å²) in [5.41, 5.74) is 2.21. The largest absolute Gasteiger partial charge is 0.380 e. The third-order valence-corrected chi connectivity index (χ3v) is 4.18. The van der Waals surface area contributed by atoms with Gasteiger partial charge in [-0.05, 0) is 17.7 Å². The highest BCUT2D eigenvalue weighted by atomic mass is 35.5. The Morgan fingerprint density at radius 1 is 1.24 bits per heavy atom. The van der Waals surface area contributed by atoms with Gasteiger partial charge in [-0.2, -0.15) is 5.10 Å². The topological polar surface area (TPSA) is 42.7 Å². The molecule has 0 aliphatic rings. The molecule has 0 bridgehead atoms. The summed E-state index contributed by atoms with van der Waals surface area (Å²) in [4.78, 5) is 5.13. The van der Waals surface area contributed by atoms with Crippen molar-refractivity contribution in [3.63, 3.8) is 0 Å². The van der Waals surface area contributed by atoms with Crippen molar-refractivity contribution >= 4 is 40.2 Å². The molecular weight excluding hydrogens is 327 g/mol. The number of hydrogen-bond acceptors (Lipinski definition) is 4. The molecule has 0 radical (unpaired) electrons. The zero-order valence-corrected chi connectivity index (χ0v) is 13.3. The van der Waals surface area contributed by atoms with Gasteiger partial charge < -0.3 is 5.32 Å². The molecular formula is C14H12Cl2N4S. The van der Waals surface area contributed by atoms with Gasteiger partial charge in [-0.15, -0.1) is 11.3 Å². The van der Waals surface area contributed by atoms with Gasteiger partial charge in [0.15, 0.2) is 4.47 Å². The summed E-state index contributed by atoms with van der Waals surface area (Å²) in [6, 6.07) is 8.20. The standard InChI is InChI=1S/C14H12Cl2N4S/c15-11-5-19-20(9-11)8-10-2-1-3-12(4-10)17-6-13-7-18-14(16)21-13/h1-5,7,9,17H,6,8H2. The van der Waals surface area contributed by atoms with E-state index in [1.807, 2.05) is 16.8 Å². The summed E-state index contributed by atoms with van der Waals surface area (Å²) >= 11 is 13.2. The predicted octanol–water partition coefficient (Wildman–Crippen LogP) is 4.31. The van der Waals surface area contributed by atoms with Gasteiger partial charge in [0, 0.05) is 23.0 Å². The molecule has 2 aromatic heterocycles. The second kappa shape index (κ2) is 6.47. The molecule has 0 unspecified atom stereocenters. The molecule has 2 heterocycles. The van der Waals surface area contributed by atoms with Crippen molar-refractivity contribution in [1.29, 1.82) is 0 Å². The minimum Gasteiger partial charge on any atom is -0.380 e. The molecule has 3 rings (SSSR count). The molecule has 1 N–H and O–H groups in total. The van der Waals surface area contributed by atoms with Gasteiger partial charge >= 0.3 is 0 Å². The summed E-state index contributed by atoms with van der Waals surface area (Å²) < 4.78 is 2.38. The minimum absolute atomic E-state index is 0.566. The number of hydrogen-bond donors (Lipinski definition) is 1. The number of nitrogens with one attached hydrogen (secondary N) is 1. The van der Waals surface area contributed by atoms with Crippen LogP contribution in [0.2, 0.25) is 9.49 Å². The molecule has 0 aliphatic heterocycles. The van der Waals surface area contributed by atoms with Gasteiger partial charge in [0.25, 0.3) is 0 Å². The number of benzene rings is 1. The van der Waals surface area contributed by atoms with E-state index in [2.05, 4.69) is 27.5 Å². The SMILES string of the molecule is Clc1cnn(Cc2cccc(NCc3cnc(Cl)s3)c2)c1. The lowest BCUT2D eigenvalue weighted by Gasteiger charge is -2.07. The fourth-order valence-corrected chi connectivity index (χ4v) is 3.02. The smallest absolute Gasteiger partial charge is 0.183 e. The Bertz CT molecular complexity index is 738. The van der Waals surface area contributed by atoms with Crippen LogP contribution in [0.5, 0.6) is 0 Å². The van der Waals surface area contributed by atoms with Gasteiger partial charge in [0.2, 0.25) is 0 Å². The number of halogens is 2. The molecule has 0 fully saturated rings. The van der Waals surface area contributed by atoms with E-state index >= 15 is 0 Å². The van der Waals surface area contributed by atoms with Gasteiger partial charge in [-0.25, -0.2) is 4.98 Å². The third-order valence-electron chi connectivity index (χ3n) is 2.87. The third kappa shape index (κ3) is 3.97. The van der Waals surface area contributed by atoms with Crippen molar-refractivity contribution < 1.29 is 0 Å². The Balaban J connectivity index is 1.65. The molecule has 108 valence electrons. The maximum atomic E-state index is 5.87. The van der Waals surface area contributed by atoms with E-state index in [4.69, 9.17) is 23.2 Å². The molecule has 0 atom stereocenters. The Labute approximate surface area is 136 Å². The molecule has 3 aromatic rings. The van der Waals surface area contributed by atoms with Crippen LogP contribution in [-0.4, -0.2) is 14.8 Å². The Kier molecular flexibility index (Phi) is 4.43. The van der Waals surface area contributed by atoms with Crippen molar-refractivity contribution in [1.82, 2.24) is 14.8 Å². The first-order chi connectivity index (χ1) is 10.2. The van der Waals surface area contributed by atoms with Crippen LogP contribution in [0.15, 0.2) is 42.9 Å². The molecule has 0 saturated carbocycles. The first-order valence-electron chi connectivity index (χ1n) is 6.30. The second-order valence-electron chi connectivity index (χ2n) is 4.49. The van der Waals surface area contributed by atoms with Crippen molar-refractivity contribution in [3.05, 3.63) is 62.8 Å². The average Bonchev–Trinajstić information content (AvgIpc) is 3.06. The van der Waals surface area contributed by atoms with Crippen LogP contribution >= 0.6 is 34.5 Å². The monoisotopic (exact) mass is 338 g/mol. The highest BCUT2D eigenvalue weighted by molar-refractivity contribution is 7.15. The Morgan fingerprint density at radius 2 is 2.14 bits per heavy atom. The highest BCUT2D eigenvalue weighted by Crippen LogP contribution is 2.19. The number of thiazole rings is 1. The van der Waals surface area contributed by atoms with E-state index in [1.165, 1.54) is 11.3 Å². The lowest BCUT2D eigenvalue weighted by atomic mass is 10.2. The molecule has 4 nitrogen and oxygen atoms in total. The normalized spacial score (nSPS) is 10.8. The first-order valence-corrected chi connectivity index (χ1v) is 7.87. The van der Waals surface area contributed by atoms with Crippen LogP contribution < -0.4 is 5.32 Å².